The van der Waals surface area contributed by atoms with Gasteiger partial charge in [0.15, 0.2) is 11.6 Å². The van der Waals surface area contributed by atoms with Crippen molar-refractivity contribution >= 4 is 33.3 Å². The van der Waals surface area contributed by atoms with Crippen LogP contribution >= 0.6 is 27.5 Å². The molecular weight excluding hydrogens is 340 g/mol. The van der Waals surface area contributed by atoms with Crippen LogP contribution in [0.1, 0.15) is 0 Å². The quantitative estimate of drug-likeness (QED) is 0.708. The zero-order chi connectivity index (χ0) is 14.1. The third-order valence-electron chi connectivity index (χ3n) is 2.94. The summed E-state index contributed by atoms with van der Waals surface area (Å²) in [7, 11) is 0. The second kappa shape index (κ2) is 5.31. The van der Waals surface area contributed by atoms with Gasteiger partial charge in [0.2, 0.25) is 0 Å². The monoisotopic (exact) mass is 348 g/mol. The number of rotatable bonds is 2. The molecule has 0 aliphatic rings. The Hall–Kier alpha value is -1.78. The number of hydrogen-bond donors (Lipinski definition) is 1. The standard InChI is InChI=1S/C15H10BrClN2O/c16-11-3-1-2-10(8-11)13-14(20-19-15(13)18)9-4-6-12(17)7-5-9/h1-8H,(H2,18,19). The number of anilines is 1. The smallest absolute Gasteiger partial charge is 0.176 e. The Bertz CT molecular complexity index is 753. The molecular formula is C15H10BrClN2O. The fraction of sp³-hybridized carbons (Fsp3) is 0. The number of nitrogen functional groups attached to an aromatic ring is 1. The highest BCUT2D eigenvalue weighted by Crippen LogP contribution is 2.37. The maximum atomic E-state index is 5.94. The number of benzene rings is 2. The number of nitrogens with zero attached hydrogens (tertiary/aromatic N) is 1. The number of halogens is 2. The molecule has 2 aromatic carbocycles. The van der Waals surface area contributed by atoms with Crippen LogP contribution in [0, 0.1) is 0 Å². The van der Waals surface area contributed by atoms with Crippen molar-refractivity contribution in [2.45, 2.75) is 0 Å². The van der Waals surface area contributed by atoms with Crippen LogP contribution in [-0.2, 0) is 0 Å². The highest BCUT2D eigenvalue weighted by Gasteiger charge is 2.17. The van der Waals surface area contributed by atoms with Crippen molar-refractivity contribution in [2.24, 2.45) is 0 Å². The first-order valence-corrected chi connectivity index (χ1v) is 7.09. The molecule has 0 amide bonds. The van der Waals surface area contributed by atoms with E-state index in [0.29, 0.717) is 16.6 Å². The predicted molar refractivity (Wildman–Crippen MR) is 84.5 cm³/mol. The summed E-state index contributed by atoms with van der Waals surface area (Å²) in [5.74, 6) is 1.00. The van der Waals surface area contributed by atoms with Crippen molar-refractivity contribution < 1.29 is 4.52 Å². The van der Waals surface area contributed by atoms with E-state index >= 15 is 0 Å². The molecule has 1 heterocycles. The molecule has 0 unspecified atom stereocenters. The second-order valence-corrected chi connectivity index (χ2v) is 5.64. The highest BCUT2D eigenvalue weighted by molar-refractivity contribution is 9.10. The fourth-order valence-electron chi connectivity index (χ4n) is 2.02. The molecule has 3 nitrogen and oxygen atoms in total. The van der Waals surface area contributed by atoms with Crippen LogP contribution in [0.15, 0.2) is 57.5 Å². The van der Waals surface area contributed by atoms with Gasteiger partial charge in [-0.05, 0) is 42.0 Å². The average molecular weight is 350 g/mol. The summed E-state index contributed by atoms with van der Waals surface area (Å²) in [6.07, 6.45) is 0. The predicted octanol–water partition coefficient (Wildman–Crippen LogP) is 5.01. The first-order chi connectivity index (χ1) is 9.65. The van der Waals surface area contributed by atoms with E-state index in [1.54, 1.807) is 12.1 Å². The van der Waals surface area contributed by atoms with Crippen molar-refractivity contribution in [3.8, 4) is 22.5 Å². The van der Waals surface area contributed by atoms with E-state index in [9.17, 15) is 0 Å². The zero-order valence-corrected chi connectivity index (χ0v) is 12.6. The van der Waals surface area contributed by atoms with E-state index in [2.05, 4.69) is 21.1 Å². The normalized spacial score (nSPS) is 10.7. The molecule has 0 atom stereocenters. The Balaban J connectivity index is 2.17. The van der Waals surface area contributed by atoms with E-state index in [1.807, 2.05) is 36.4 Å². The minimum atomic E-state index is 0.369. The lowest BCUT2D eigenvalue weighted by Crippen LogP contribution is -1.88. The van der Waals surface area contributed by atoms with Gasteiger partial charge < -0.3 is 10.3 Å². The molecule has 0 bridgehead atoms. The molecule has 20 heavy (non-hydrogen) atoms. The van der Waals surface area contributed by atoms with Gasteiger partial charge in [-0.1, -0.05) is 44.8 Å². The minimum absolute atomic E-state index is 0.369. The summed E-state index contributed by atoms with van der Waals surface area (Å²) in [6, 6.07) is 15.2. The van der Waals surface area contributed by atoms with Crippen LogP contribution in [0.2, 0.25) is 5.02 Å². The SMILES string of the molecule is Nc1noc(-c2ccc(Cl)cc2)c1-c1cccc(Br)c1. The largest absolute Gasteiger partial charge is 0.380 e. The Morgan fingerprint density at radius 2 is 1.80 bits per heavy atom. The highest BCUT2D eigenvalue weighted by atomic mass is 79.9. The summed E-state index contributed by atoms with van der Waals surface area (Å²) in [5.41, 5.74) is 8.56. The van der Waals surface area contributed by atoms with Gasteiger partial charge in [-0.2, -0.15) is 0 Å². The topological polar surface area (TPSA) is 52.0 Å². The molecule has 0 aliphatic heterocycles. The summed E-state index contributed by atoms with van der Waals surface area (Å²) >= 11 is 9.36. The van der Waals surface area contributed by atoms with Gasteiger partial charge in [0.1, 0.15) is 0 Å². The van der Waals surface area contributed by atoms with Gasteiger partial charge in [-0.15, -0.1) is 0 Å². The van der Waals surface area contributed by atoms with Crippen molar-refractivity contribution in [1.29, 1.82) is 0 Å². The molecule has 0 aliphatic carbocycles. The van der Waals surface area contributed by atoms with Crippen LogP contribution in [0.3, 0.4) is 0 Å². The van der Waals surface area contributed by atoms with Gasteiger partial charge in [0, 0.05) is 15.1 Å². The third-order valence-corrected chi connectivity index (χ3v) is 3.68. The zero-order valence-electron chi connectivity index (χ0n) is 10.3. The van der Waals surface area contributed by atoms with E-state index < -0.39 is 0 Å². The average Bonchev–Trinajstić information content (AvgIpc) is 2.81. The van der Waals surface area contributed by atoms with Crippen molar-refractivity contribution in [2.75, 3.05) is 5.73 Å². The first kappa shape index (κ1) is 13.2. The van der Waals surface area contributed by atoms with Crippen LogP contribution in [0.25, 0.3) is 22.5 Å². The lowest BCUT2D eigenvalue weighted by molar-refractivity contribution is 0.436. The Kier molecular flexibility index (Phi) is 3.51. The molecule has 3 rings (SSSR count). The number of hydrogen-bond acceptors (Lipinski definition) is 3. The van der Waals surface area contributed by atoms with Crippen LogP contribution < -0.4 is 5.73 Å². The van der Waals surface area contributed by atoms with Gasteiger partial charge in [-0.25, -0.2) is 0 Å². The van der Waals surface area contributed by atoms with Crippen LogP contribution in [0.5, 0.6) is 0 Å². The molecule has 0 saturated carbocycles. The summed E-state index contributed by atoms with van der Waals surface area (Å²) in [4.78, 5) is 0. The molecule has 5 heteroatoms. The van der Waals surface area contributed by atoms with E-state index in [4.69, 9.17) is 21.9 Å². The Labute approximate surface area is 129 Å². The molecule has 2 N–H and O–H groups in total. The van der Waals surface area contributed by atoms with Crippen molar-refractivity contribution in [3.63, 3.8) is 0 Å². The maximum Gasteiger partial charge on any atom is 0.176 e. The first-order valence-electron chi connectivity index (χ1n) is 5.92. The molecule has 0 fully saturated rings. The number of aromatic nitrogens is 1. The molecule has 0 saturated heterocycles. The van der Waals surface area contributed by atoms with Gasteiger partial charge >= 0.3 is 0 Å². The lowest BCUT2D eigenvalue weighted by atomic mass is 10.0. The van der Waals surface area contributed by atoms with Crippen LogP contribution in [-0.4, -0.2) is 5.16 Å². The van der Waals surface area contributed by atoms with Gasteiger partial charge in [0.05, 0.1) is 5.56 Å². The lowest BCUT2D eigenvalue weighted by Gasteiger charge is -2.03. The Morgan fingerprint density at radius 3 is 2.50 bits per heavy atom. The second-order valence-electron chi connectivity index (χ2n) is 4.29. The third kappa shape index (κ3) is 2.44. The van der Waals surface area contributed by atoms with Gasteiger partial charge in [-0.3, -0.25) is 0 Å². The summed E-state index contributed by atoms with van der Waals surface area (Å²) < 4.78 is 6.35. The van der Waals surface area contributed by atoms with E-state index in [-0.39, 0.29) is 0 Å². The maximum absolute atomic E-state index is 5.94. The Morgan fingerprint density at radius 1 is 1.05 bits per heavy atom. The van der Waals surface area contributed by atoms with Crippen molar-refractivity contribution in [1.82, 2.24) is 5.16 Å². The summed E-state index contributed by atoms with van der Waals surface area (Å²) in [6.45, 7) is 0. The van der Waals surface area contributed by atoms with Gasteiger partial charge in [0.25, 0.3) is 0 Å². The van der Waals surface area contributed by atoms with Crippen LogP contribution in [0.4, 0.5) is 5.82 Å². The molecule has 3 aromatic rings. The molecule has 0 radical (unpaired) electrons. The van der Waals surface area contributed by atoms with E-state index in [1.165, 1.54) is 0 Å². The number of nitrogens with two attached hydrogens (primary N) is 1. The fourth-order valence-corrected chi connectivity index (χ4v) is 2.55. The molecule has 100 valence electrons. The van der Waals surface area contributed by atoms with E-state index in [0.717, 1.165) is 21.2 Å². The van der Waals surface area contributed by atoms with Crippen molar-refractivity contribution in [3.05, 3.63) is 58.0 Å². The summed E-state index contributed by atoms with van der Waals surface area (Å²) in [5, 5.41) is 4.55. The minimum Gasteiger partial charge on any atom is -0.380 e. The molecule has 0 spiro atoms. The molecule has 1 aromatic heterocycles.